The number of hydrogen-bond acceptors (Lipinski definition) is 3. The number of carbonyl (C=O) groups excluding carboxylic acids is 1. The lowest BCUT2D eigenvalue weighted by Crippen LogP contribution is -3.17. The SMILES string of the molecule is CCCCCOc1ccc(NC(=O)O[C@H]2CCCC[C@@H]2[NH+]2CCCCC2)cc1.[Cl-]. The van der Waals surface area contributed by atoms with E-state index in [1.165, 1.54) is 58.0 Å². The van der Waals surface area contributed by atoms with Crippen LogP contribution in [-0.2, 0) is 4.74 Å². The summed E-state index contributed by atoms with van der Waals surface area (Å²) >= 11 is 0. The molecule has 1 amide bonds. The van der Waals surface area contributed by atoms with Gasteiger partial charge in [0.15, 0.2) is 6.10 Å². The van der Waals surface area contributed by atoms with Crippen LogP contribution in [0.5, 0.6) is 5.75 Å². The molecular formula is C23H37ClN2O3. The molecule has 1 heterocycles. The van der Waals surface area contributed by atoms with Crippen molar-refractivity contribution in [2.45, 2.75) is 83.3 Å². The van der Waals surface area contributed by atoms with Crippen molar-refractivity contribution in [2.24, 2.45) is 0 Å². The van der Waals surface area contributed by atoms with Crippen LogP contribution in [-0.4, -0.2) is 37.9 Å². The molecule has 0 bridgehead atoms. The summed E-state index contributed by atoms with van der Waals surface area (Å²) in [5.41, 5.74) is 0.753. The number of carbonyl (C=O) groups is 1. The first-order chi connectivity index (χ1) is 13.8. The van der Waals surface area contributed by atoms with Gasteiger partial charge < -0.3 is 26.8 Å². The van der Waals surface area contributed by atoms with Crippen LogP contribution in [0, 0.1) is 0 Å². The first kappa shape index (κ1) is 23.8. The van der Waals surface area contributed by atoms with Crippen molar-refractivity contribution < 1.29 is 31.6 Å². The number of piperidine rings is 1. The van der Waals surface area contributed by atoms with Crippen molar-refractivity contribution in [2.75, 3.05) is 25.0 Å². The number of quaternary nitrogens is 1. The monoisotopic (exact) mass is 424 g/mol. The van der Waals surface area contributed by atoms with E-state index in [9.17, 15) is 4.79 Å². The molecule has 2 atom stereocenters. The van der Waals surface area contributed by atoms with Crippen molar-refractivity contribution >= 4 is 11.8 Å². The van der Waals surface area contributed by atoms with Crippen LogP contribution in [0.15, 0.2) is 24.3 Å². The van der Waals surface area contributed by atoms with E-state index in [0.717, 1.165) is 37.3 Å². The van der Waals surface area contributed by atoms with Crippen LogP contribution in [0.4, 0.5) is 10.5 Å². The minimum absolute atomic E-state index is 0. The Morgan fingerprint density at radius 3 is 2.48 bits per heavy atom. The zero-order chi connectivity index (χ0) is 19.6. The molecule has 3 rings (SSSR count). The van der Waals surface area contributed by atoms with E-state index in [1.807, 2.05) is 24.3 Å². The molecule has 2 aliphatic rings. The maximum Gasteiger partial charge on any atom is 0.412 e. The summed E-state index contributed by atoms with van der Waals surface area (Å²) in [6.45, 7) is 5.38. The van der Waals surface area contributed by atoms with E-state index in [0.29, 0.717) is 6.04 Å². The lowest BCUT2D eigenvalue weighted by Gasteiger charge is -2.38. The summed E-state index contributed by atoms with van der Waals surface area (Å²) in [5, 5.41) is 2.89. The van der Waals surface area contributed by atoms with Crippen molar-refractivity contribution in [3.05, 3.63) is 24.3 Å². The van der Waals surface area contributed by atoms with Gasteiger partial charge in [0, 0.05) is 12.1 Å². The Hall–Kier alpha value is -1.46. The van der Waals surface area contributed by atoms with Crippen LogP contribution in [0.2, 0.25) is 0 Å². The second-order valence-corrected chi connectivity index (χ2v) is 8.26. The molecule has 1 saturated heterocycles. The topological polar surface area (TPSA) is 52.0 Å². The van der Waals surface area contributed by atoms with Crippen molar-refractivity contribution in [3.8, 4) is 5.75 Å². The van der Waals surface area contributed by atoms with Crippen LogP contribution < -0.4 is 27.4 Å². The summed E-state index contributed by atoms with van der Waals surface area (Å²) in [5.74, 6) is 0.844. The van der Waals surface area contributed by atoms with Gasteiger partial charge >= 0.3 is 6.09 Å². The van der Waals surface area contributed by atoms with E-state index < -0.39 is 0 Å². The largest absolute Gasteiger partial charge is 1.00 e. The van der Waals surface area contributed by atoms with Crippen LogP contribution in [0.25, 0.3) is 0 Å². The predicted molar refractivity (Wildman–Crippen MR) is 112 cm³/mol. The highest BCUT2D eigenvalue weighted by Gasteiger charge is 2.36. The highest BCUT2D eigenvalue weighted by molar-refractivity contribution is 5.84. The van der Waals surface area contributed by atoms with E-state index >= 15 is 0 Å². The molecule has 2 fully saturated rings. The van der Waals surface area contributed by atoms with Gasteiger partial charge in [-0.05, 0) is 69.2 Å². The Morgan fingerprint density at radius 1 is 1.03 bits per heavy atom. The number of unbranched alkanes of at least 4 members (excludes halogenated alkanes) is 2. The molecule has 0 radical (unpaired) electrons. The first-order valence-electron chi connectivity index (χ1n) is 11.3. The van der Waals surface area contributed by atoms with Gasteiger partial charge in [0.1, 0.15) is 11.8 Å². The average molecular weight is 425 g/mol. The number of rotatable bonds is 8. The Bertz CT molecular complexity index is 590. The predicted octanol–water partition coefficient (Wildman–Crippen LogP) is 1.19. The fourth-order valence-electron chi connectivity index (χ4n) is 4.54. The van der Waals surface area contributed by atoms with Crippen LogP contribution in [0.3, 0.4) is 0 Å². The number of anilines is 1. The fourth-order valence-corrected chi connectivity index (χ4v) is 4.54. The fraction of sp³-hybridized carbons (Fsp3) is 0.696. The lowest BCUT2D eigenvalue weighted by molar-refractivity contribution is -0.934. The van der Waals surface area contributed by atoms with Gasteiger partial charge in [-0.15, -0.1) is 0 Å². The quantitative estimate of drug-likeness (QED) is 0.616. The smallest absolute Gasteiger partial charge is 0.412 e. The third kappa shape index (κ3) is 7.71. The molecule has 1 aromatic rings. The molecule has 1 aliphatic heterocycles. The van der Waals surface area contributed by atoms with Gasteiger partial charge in [-0.3, -0.25) is 5.32 Å². The van der Waals surface area contributed by atoms with Gasteiger partial charge in [-0.25, -0.2) is 4.79 Å². The van der Waals surface area contributed by atoms with Crippen LogP contribution in [0.1, 0.15) is 71.1 Å². The van der Waals surface area contributed by atoms with Crippen molar-refractivity contribution in [1.29, 1.82) is 0 Å². The maximum absolute atomic E-state index is 12.5. The second-order valence-electron chi connectivity index (χ2n) is 8.26. The minimum atomic E-state index is -0.329. The van der Waals surface area contributed by atoms with E-state index in [2.05, 4.69) is 12.2 Å². The maximum atomic E-state index is 12.5. The molecular weight excluding hydrogens is 388 g/mol. The summed E-state index contributed by atoms with van der Waals surface area (Å²) in [4.78, 5) is 14.1. The third-order valence-electron chi connectivity index (χ3n) is 6.10. The number of likely N-dealkylation sites (tertiary alicyclic amines) is 1. The molecule has 1 aliphatic carbocycles. The number of ether oxygens (including phenoxy) is 2. The molecule has 0 spiro atoms. The Balaban J connectivity index is 0.00000300. The first-order valence-corrected chi connectivity index (χ1v) is 11.3. The highest BCUT2D eigenvalue weighted by Crippen LogP contribution is 2.22. The van der Waals surface area contributed by atoms with Crippen molar-refractivity contribution in [1.82, 2.24) is 0 Å². The second kappa shape index (κ2) is 13.0. The molecule has 1 aromatic carbocycles. The zero-order valence-corrected chi connectivity index (χ0v) is 18.5. The van der Waals surface area contributed by atoms with Gasteiger partial charge in [0.2, 0.25) is 0 Å². The molecule has 6 heteroatoms. The molecule has 0 unspecified atom stereocenters. The Morgan fingerprint density at radius 2 is 1.76 bits per heavy atom. The molecule has 29 heavy (non-hydrogen) atoms. The van der Waals surface area contributed by atoms with Crippen LogP contribution >= 0.6 is 0 Å². The van der Waals surface area contributed by atoms with Gasteiger partial charge in [0.05, 0.1) is 19.7 Å². The number of benzene rings is 1. The summed E-state index contributed by atoms with van der Waals surface area (Å²) in [7, 11) is 0. The number of halogens is 1. The van der Waals surface area contributed by atoms with Gasteiger partial charge in [-0.1, -0.05) is 19.8 Å². The van der Waals surface area contributed by atoms with E-state index in [-0.39, 0.29) is 24.6 Å². The zero-order valence-electron chi connectivity index (χ0n) is 17.8. The molecule has 164 valence electrons. The van der Waals surface area contributed by atoms with Gasteiger partial charge in [-0.2, -0.15) is 0 Å². The Kier molecular flexibility index (Phi) is 10.6. The molecule has 1 saturated carbocycles. The molecule has 0 aromatic heterocycles. The number of hydrogen-bond donors (Lipinski definition) is 2. The third-order valence-corrected chi connectivity index (χ3v) is 6.10. The van der Waals surface area contributed by atoms with E-state index in [1.54, 1.807) is 4.90 Å². The highest BCUT2D eigenvalue weighted by atomic mass is 35.5. The standard InChI is InChI=1S/C23H36N2O3.ClH/c1-2-3-9-18-27-20-14-12-19(13-15-20)24-23(26)28-22-11-6-5-10-21(22)25-16-7-4-8-17-25;/h12-15,21-22H,2-11,16-18H2,1H3,(H,24,26);1H/t21-,22-;/m0./s1. The molecule has 2 N–H and O–H groups in total. The summed E-state index contributed by atoms with van der Waals surface area (Å²) < 4.78 is 11.6. The summed E-state index contributed by atoms with van der Waals surface area (Å²) in [6.07, 6.45) is 11.7. The number of amides is 1. The Labute approximate surface area is 181 Å². The molecule has 5 nitrogen and oxygen atoms in total. The minimum Gasteiger partial charge on any atom is -1.00 e. The van der Waals surface area contributed by atoms with E-state index in [4.69, 9.17) is 9.47 Å². The lowest BCUT2D eigenvalue weighted by atomic mass is 9.90. The summed E-state index contributed by atoms with van der Waals surface area (Å²) in [6, 6.07) is 8.04. The van der Waals surface area contributed by atoms with Gasteiger partial charge in [0.25, 0.3) is 0 Å². The number of nitrogens with one attached hydrogen (secondary N) is 2. The average Bonchev–Trinajstić information content (AvgIpc) is 2.73. The normalized spacial score (nSPS) is 22.4. The van der Waals surface area contributed by atoms with Crippen molar-refractivity contribution in [3.63, 3.8) is 0 Å².